The quantitative estimate of drug-likeness (QED) is 0.933. The summed E-state index contributed by atoms with van der Waals surface area (Å²) in [6.45, 7) is 7.82. The summed E-state index contributed by atoms with van der Waals surface area (Å²) in [6, 6.07) is 7.84. The molecule has 2 aromatic rings. The standard InChI is InChI=1S/C15H19N3O2/c1-10-6-5-7-11(8-10)13-18-17-12(20-13)9-16-14(19)15(2,3)4/h5-8H,9H2,1-4H3,(H,16,19). The molecule has 0 saturated heterocycles. The van der Waals surface area contributed by atoms with Gasteiger partial charge >= 0.3 is 0 Å². The van der Waals surface area contributed by atoms with Crippen molar-refractivity contribution >= 4 is 5.91 Å². The van der Waals surface area contributed by atoms with Gasteiger partial charge in [0.15, 0.2) is 0 Å². The van der Waals surface area contributed by atoms with Gasteiger partial charge in [0.2, 0.25) is 17.7 Å². The molecule has 1 amide bonds. The molecule has 5 nitrogen and oxygen atoms in total. The van der Waals surface area contributed by atoms with Crippen LogP contribution >= 0.6 is 0 Å². The molecule has 0 saturated carbocycles. The van der Waals surface area contributed by atoms with E-state index in [4.69, 9.17) is 4.42 Å². The van der Waals surface area contributed by atoms with Crippen LogP contribution < -0.4 is 5.32 Å². The van der Waals surface area contributed by atoms with Crippen molar-refractivity contribution < 1.29 is 9.21 Å². The summed E-state index contributed by atoms with van der Waals surface area (Å²) in [6.07, 6.45) is 0. The predicted octanol–water partition coefficient (Wildman–Crippen LogP) is 2.71. The zero-order valence-corrected chi connectivity index (χ0v) is 12.2. The van der Waals surface area contributed by atoms with Crippen molar-refractivity contribution in [3.63, 3.8) is 0 Å². The Balaban J connectivity index is 2.05. The Labute approximate surface area is 118 Å². The number of aromatic nitrogens is 2. The van der Waals surface area contributed by atoms with E-state index < -0.39 is 5.41 Å². The zero-order valence-electron chi connectivity index (χ0n) is 12.2. The van der Waals surface area contributed by atoms with Crippen LogP contribution in [0, 0.1) is 12.3 Å². The number of carbonyl (C=O) groups is 1. The highest BCUT2D eigenvalue weighted by molar-refractivity contribution is 5.81. The van der Waals surface area contributed by atoms with Gasteiger partial charge in [0, 0.05) is 11.0 Å². The molecule has 5 heteroatoms. The van der Waals surface area contributed by atoms with Crippen LogP contribution in [0.15, 0.2) is 28.7 Å². The first kappa shape index (κ1) is 14.2. The maximum absolute atomic E-state index is 11.8. The molecule has 1 N–H and O–H groups in total. The van der Waals surface area contributed by atoms with E-state index in [1.807, 2.05) is 52.0 Å². The average Bonchev–Trinajstić information content (AvgIpc) is 2.83. The fourth-order valence-electron chi connectivity index (χ4n) is 1.64. The van der Waals surface area contributed by atoms with Crippen molar-refractivity contribution in [2.75, 3.05) is 0 Å². The number of aryl methyl sites for hydroxylation is 1. The van der Waals surface area contributed by atoms with E-state index in [9.17, 15) is 4.79 Å². The molecule has 0 fully saturated rings. The van der Waals surface area contributed by atoms with Crippen molar-refractivity contribution in [2.24, 2.45) is 5.41 Å². The Morgan fingerprint density at radius 3 is 2.70 bits per heavy atom. The molecule has 0 aliphatic heterocycles. The van der Waals surface area contributed by atoms with Gasteiger partial charge in [-0.1, -0.05) is 38.5 Å². The van der Waals surface area contributed by atoms with Gasteiger partial charge in [-0.05, 0) is 19.1 Å². The summed E-state index contributed by atoms with van der Waals surface area (Å²) in [4.78, 5) is 11.8. The third-order valence-corrected chi connectivity index (χ3v) is 2.81. The third kappa shape index (κ3) is 3.44. The second kappa shape index (κ2) is 5.45. The van der Waals surface area contributed by atoms with Gasteiger partial charge < -0.3 is 9.73 Å². The fraction of sp³-hybridized carbons (Fsp3) is 0.400. The van der Waals surface area contributed by atoms with Crippen LogP contribution in [-0.2, 0) is 11.3 Å². The van der Waals surface area contributed by atoms with Crippen molar-refractivity contribution in [2.45, 2.75) is 34.2 Å². The van der Waals surface area contributed by atoms with Gasteiger partial charge in [0.25, 0.3) is 0 Å². The van der Waals surface area contributed by atoms with Crippen molar-refractivity contribution in [1.82, 2.24) is 15.5 Å². The lowest BCUT2D eigenvalue weighted by Crippen LogP contribution is -2.34. The van der Waals surface area contributed by atoms with E-state index in [1.165, 1.54) is 0 Å². The van der Waals surface area contributed by atoms with Crippen molar-refractivity contribution in [3.05, 3.63) is 35.7 Å². The lowest BCUT2D eigenvalue weighted by molar-refractivity contribution is -0.128. The highest BCUT2D eigenvalue weighted by Gasteiger charge is 2.21. The van der Waals surface area contributed by atoms with Crippen LogP contribution in [0.25, 0.3) is 11.5 Å². The number of nitrogens with one attached hydrogen (secondary N) is 1. The number of carbonyl (C=O) groups excluding carboxylic acids is 1. The van der Waals surface area contributed by atoms with E-state index in [-0.39, 0.29) is 12.5 Å². The van der Waals surface area contributed by atoms with E-state index in [0.29, 0.717) is 11.8 Å². The number of nitrogens with zero attached hydrogens (tertiary/aromatic N) is 2. The Kier molecular flexibility index (Phi) is 3.88. The lowest BCUT2D eigenvalue weighted by atomic mass is 9.96. The maximum Gasteiger partial charge on any atom is 0.247 e. The molecule has 0 unspecified atom stereocenters. The Bertz CT molecular complexity index is 612. The van der Waals surface area contributed by atoms with Gasteiger partial charge in [-0.2, -0.15) is 0 Å². The van der Waals surface area contributed by atoms with Crippen molar-refractivity contribution in [1.29, 1.82) is 0 Å². The Morgan fingerprint density at radius 2 is 2.05 bits per heavy atom. The molecule has 1 aromatic carbocycles. The summed E-state index contributed by atoms with van der Waals surface area (Å²) in [7, 11) is 0. The monoisotopic (exact) mass is 273 g/mol. The van der Waals surface area contributed by atoms with Crippen molar-refractivity contribution in [3.8, 4) is 11.5 Å². The van der Waals surface area contributed by atoms with Gasteiger partial charge in [0.1, 0.15) is 0 Å². The summed E-state index contributed by atoms with van der Waals surface area (Å²) >= 11 is 0. The first-order valence-electron chi connectivity index (χ1n) is 6.54. The summed E-state index contributed by atoms with van der Waals surface area (Å²) in [5.41, 5.74) is 1.58. The van der Waals surface area contributed by atoms with E-state index in [1.54, 1.807) is 0 Å². The van der Waals surface area contributed by atoms with Crippen LogP contribution in [0.4, 0.5) is 0 Å². The van der Waals surface area contributed by atoms with Crippen LogP contribution in [0.5, 0.6) is 0 Å². The first-order chi connectivity index (χ1) is 9.36. The molecular weight excluding hydrogens is 254 g/mol. The number of hydrogen-bond donors (Lipinski definition) is 1. The van der Waals surface area contributed by atoms with Crippen LogP contribution in [-0.4, -0.2) is 16.1 Å². The molecule has 2 rings (SSSR count). The topological polar surface area (TPSA) is 68.0 Å². The van der Waals surface area contributed by atoms with Gasteiger partial charge in [-0.25, -0.2) is 0 Å². The highest BCUT2D eigenvalue weighted by Crippen LogP contribution is 2.19. The number of rotatable bonds is 3. The second-order valence-electron chi connectivity index (χ2n) is 5.80. The maximum atomic E-state index is 11.8. The lowest BCUT2D eigenvalue weighted by Gasteiger charge is -2.16. The smallest absolute Gasteiger partial charge is 0.247 e. The molecule has 1 aromatic heterocycles. The minimum Gasteiger partial charge on any atom is -0.419 e. The third-order valence-electron chi connectivity index (χ3n) is 2.81. The second-order valence-corrected chi connectivity index (χ2v) is 5.80. The molecular formula is C15H19N3O2. The molecule has 0 radical (unpaired) electrons. The largest absolute Gasteiger partial charge is 0.419 e. The SMILES string of the molecule is Cc1cccc(-c2nnc(CNC(=O)C(C)(C)C)o2)c1. The van der Waals surface area contributed by atoms with Crippen LogP contribution in [0.1, 0.15) is 32.2 Å². The molecule has 0 aliphatic rings. The molecule has 1 heterocycles. The molecule has 0 aliphatic carbocycles. The molecule has 106 valence electrons. The summed E-state index contributed by atoms with van der Waals surface area (Å²) < 4.78 is 5.55. The first-order valence-corrected chi connectivity index (χ1v) is 6.54. The van der Waals surface area contributed by atoms with Gasteiger partial charge in [0.05, 0.1) is 6.54 Å². The molecule has 0 spiro atoms. The minimum atomic E-state index is -0.431. The normalized spacial score (nSPS) is 11.4. The number of hydrogen-bond acceptors (Lipinski definition) is 4. The van der Waals surface area contributed by atoms with Crippen LogP contribution in [0.3, 0.4) is 0 Å². The van der Waals surface area contributed by atoms with Crippen LogP contribution in [0.2, 0.25) is 0 Å². The van der Waals surface area contributed by atoms with E-state index in [2.05, 4.69) is 15.5 Å². The fourth-order valence-corrected chi connectivity index (χ4v) is 1.64. The highest BCUT2D eigenvalue weighted by atomic mass is 16.4. The average molecular weight is 273 g/mol. The summed E-state index contributed by atoms with van der Waals surface area (Å²) in [5.74, 6) is 0.820. The molecule has 0 atom stereocenters. The zero-order chi connectivity index (χ0) is 14.8. The van der Waals surface area contributed by atoms with Gasteiger partial charge in [-0.15, -0.1) is 10.2 Å². The number of amides is 1. The summed E-state index contributed by atoms with van der Waals surface area (Å²) in [5, 5.41) is 10.7. The minimum absolute atomic E-state index is 0.0483. The Hall–Kier alpha value is -2.17. The molecule has 0 bridgehead atoms. The predicted molar refractivity (Wildman–Crippen MR) is 75.8 cm³/mol. The number of benzene rings is 1. The van der Waals surface area contributed by atoms with E-state index >= 15 is 0 Å². The van der Waals surface area contributed by atoms with E-state index in [0.717, 1.165) is 11.1 Å². The molecule has 20 heavy (non-hydrogen) atoms. The van der Waals surface area contributed by atoms with Gasteiger partial charge in [-0.3, -0.25) is 4.79 Å². The Morgan fingerprint density at radius 1 is 1.30 bits per heavy atom.